The molecule has 0 aliphatic rings. The maximum absolute atomic E-state index is 13.7. The lowest BCUT2D eigenvalue weighted by Crippen LogP contribution is -2.16. The Labute approximate surface area is 166 Å². The number of carbonyl (C=O) groups excluding carboxylic acids is 3. The third kappa shape index (κ3) is 5.23. The van der Waals surface area contributed by atoms with Crippen LogP contribution in [0, 0.1) is 5.82 Å². The summed E-state index contributed by atoms with van der Waals surface area (Å²) in [5.74, 6) is -1.81. The van der Waals surface area contributed by atoms with Crippen molar-refractivity contribution in [1.82, 2.24) is 4.98 Å². The maximum Gasteiger partial charge on any atom is 0.257 e. The van der Waals surface area contributed by atoms with Crippen LogP contribution < -0.4 is 16.0 Å². The van der Waals surface area contributed by atoms with Gasteiger partial charge in [0.25, 0.3) is 11.8 Å². The Morgan fingerprint density at radius 2 is 1.34 bits per heavy atom. The minimum absolute atomic E-state index is 0.0339. The summed E-state index contributed by atoms with van der Waals surface area (Å²) in [7, 11) is 0. The number of halogens is 1. The van der Waals surface area contributed by atoms with Crippen molar-refractivity contribution < 1.29 is 18.8 Å². The van der Waals surface area contributed by atoms with Gasteiger partial charge in [-0.25, -0.2) is 4.39 Å². The van der Waals surface area contributed by atoms with E-state index in [2.05, 4.69) is 20.9 Å². The lowest BCUT2D eigenvalue weighted by atomic mass is 10.1. The molecular weight excluding hydrogens is 375 g/mol. The molecule has 29 heavy (non-hydrogen) atoms. The molecule has 0 unspecified atom stereocenters. The number of nitrogens with one attached hydrogen (secondary N) is 3. The van der Waals surface area contributed by atoms with E-state index in [1.54, 1.807) is 30.3 Å². The predicted molar refractivity (Wildman–Crippen MR) is 107 cm³/mol. The Hall–Kier alpha value is -4.07. The molecule has 0 radical (unpaired) electrons. The molecular formula is C21H17FN4O3. The van der Waals surface area contributed by atoms with E-state index >= 15 is 0 Å². The molecule has 3 amide bonds. The first-order valence-electron chi connectivity index (χ1n) is 8.62. The maximum atomic E-state index is 13.7. The summed E-state index contributed by atoms with van der Waals surface area (Å²) >= 11 is 0. The number of para-hydroxylation sites is 1. The molecule has 0 saturated carbocycles. The molecule has 0 bridgehead atoms. The number of hydrogen-bond acceptors (Lipinski definition) is 4. The second-order valence-corrected chi connectivity index (χ2v) is 6.11. The first kappa shape index (κ1) is 19.7. The minimum Gasteiger partial charge on any atom is -0.326 e. The molecule has 0 atom stereocenters. The van der Waals surface area contributed by atoms with Crippen LogP contribution in [-0.2, 0) is 4.79 Å². The van der Waals surface area contributed by atoms with E-state index in [0.29, 0.717) is 11.4 Å². The number of anilines is 3. The lowest BCUT2D eigenvalue weighted by Gasteiger charge is -2.09. The van der Waals surface area contributed by atoms with E-state index in [0.717, 1.165) is 0 Å². The molecule has 0 saturated heterocycles. The van der Waals surface area contributed by atoms with Crippen molar-refractivity contribution in [3.63, 3.8) is 0 Å². The Balaban J connectivity index is 1.70. The molecule has 1 heterocycles. The van der Waals surface area contributed by atoms with Gasteiger partial charge in [0.15, 0.2) is 0 Å². The number of pyridine rings is 1. The molecule has 0 aliphatic carbocycles. The molecule has 1 aromatic heterocycles. The van der Waals surface area contributed by atoms with Gasteiger partial charge in [0.1, 0.15) is 5.82 Å². The van der Waals surface area contributed by atoms with Gasteiger partial charge < -0.3 is 16.0 Å². The van der Waals surface area contributed by atoms with Crippen molar-refractivity contribution in [2.24, 2.45) is 0 Å². The minimum atomic E-state index is -0.586. The van der Waals surface area contributed by atoms with E-state index in [1.807, 2.05) is 0 Å². The SMILES string of the molecule is CC(=O)Nc1ccc(NC(=O)c2cncc(C(=O)Nc3ccccc3F)c2)cc1. The Morgan fingerprint density at radius 1 is 0.793 bits per heavy atom. The van der Waals surface area contributed by atoms with Crippen LogP contribution in [0.5, 0.6) is 0 Å². The second-order valence-electron chi connectivity index (χ2n) is 6.11. The zero-order valence-corrected chi connectivity index (χ0v) is 15.4. The van der Waals surface area contributed by atoms with Crippen LogP contribution in [0.2, 0.25) is 0 Å². The molecule has 3 aromatic rings. The molecule has 0 aliphatic heterocycles. The summed E-state index contributed by atoms with van der Waals surface area (Å²) in [6.07, 6.45) is 2.61. The third-order valence-electron chi connectivity index (χ3n) is 3.85. The van der Waals surface area contributed by atoms with Crippen molar-refractivity contribution >= 4 is 34.8 Å². The summed E-state index contributed by atoms with van der Waals surface area (Å²) in [6, 6.07) is 13.7. The highest BCUT2D eigenvalue weighted by Gasteiger charge is 2.13. The van der Waals surface area contributed by atoms with Gasteiger partial charge in [-0.05, 0) is 42.5 Å². The summed E-state index contributed by atoms with van der Waals surface area (Å²) in [4.78, 5) is 39.7. The van der Waals surface area contributed by atoms with Gasteiger partial charge in [0, 0.05) is 30.7 Å². The first-order chi connectivity index (χ1) is 13.9. The topological polar surface area (TPSA) is 100 Å². The molecule has 3 rings (SSSR count). The van der Waals surface area contributed by atoms with E-state index < -0.39 is 17.6 Å². The van der Waals surface area contributed by atoms with Crippen LogP contribution in [0.4, 0.5) is 21.5 Å². The summed E-state index contributed by atoms with van der Waals surface area (Å²) in [6.45, 7) is 1.40. The van der Waals surface area contributed by atoms with E-state index in [4.69, 9.17) is 0 Å². The molecule has 0 fully saturated rings. The van der Waals surface area contributed by atoms with Crippen molar-refractivity contribution in [2.75, 3.05) is 16.0 Å². The fourth-order valence-corrected chi connectivity index (χ4v) is 2.49. The average molecular weight is 392 g/mol. The highest BCUT2D eigenvalue weighted by molar-refractivity contribution is 6.08. The Bertz CT molecular complexity index is 1070. The van der Waals surface area contributed by atoms with Gasteiger partial charge in [0.2, 0.25) is 5.91 Å². The zero-order chi connectivity index (χ0) is 20.8. The van der Waals surface area contributed by atoms with Gasteiger partial charge in [-0.3, -0.25) is 19.4 Å². The van der Waals surface area contributed by atoms with Gasteiger partial charge >= 0.3 is 0 Å². The fourth-order valence-electron chi connectivity index (χ4n) is 2.49. The normalized spacial score (nSPS) is 10.1. The quantitative estimate of drug-likeness (QED) is 0.617. The third-order valence-corrected chi connectivity index (χ3v) is 3.85. The Kier molecular flexibility index (Phi) is 5.94. The van der Waals surface area contributed by atoms with Gasteiger partial charge in [-0.1, -0.05) is 12.1 Å². The van der Waals surface area contributed by atoms with E-state index in [9.17, 15) is 18.8 Å². The van der Waals surface area contributed by atoms with Crippen molar-refractivity contribution in [1.29, 1.82) is 0 Å². The van der Waals surface area contributed by atoms with Gasteiger partial charge in [-0.15, -0.1) is 0 Å². The number of benzene rings is 2. The summed E-state index contributed by atoms with van der Waals surface area (Å²) in [5, 5.41) is 7.75. The molecule has 146 valence electrons. The average Bonchev–Trinajstić information content (AvgIpc) is 2.71. The number of nitrogens with zero attached hydrogens (tertiary/aromatic N) is 1. The molecule has 8 heteroatoms. The van der Waals surface area contributed by atoms with Crippen molar-refractivity contribution in [3.8, 4) is 0 Å². The highest BCUT2D eigenvalue weighted by atomic mass is 19.1. The fraction of sp³-hybridized carbons (Fsp3) is 0.0476. The highest BCUT2D eigenvalue weighted by Crippen LogP contribution is 2.16. The lowest BCUT2D eigenvalue weighted by molar-refractivity contribution is -0.114. The van der Waals surface area contributed by atoms with Crippen LogP contribution in [0.15, 0.2) is 67.0 Å². The standard InChI is InChI=1S/C21H17FN4O3/c1-13(27)24-16-6-8-17(9-7-16)25-20(28)14-10-15(12-23-11-14)21(29)26-19-5-3-2-4-18(19)22/h2-12H,1H3,(H,24,27)(H,25,28)(H,26,29). The largest absolute Gasteiger partial charge is 0.326 e. The van der Waals surface area contributed by atoms with Crippen molar-refractivity contribution in [2.45, 2.75) is 6.92 Å². The number of amides is 3. The molecule has 0 spiro atoms. The Morgan fingerprint density at radius 3 is 1.93 bits per heavy atom. The summed E-state index contributed by atoms with van der Waals surface area (Å²) in [5.41, 5.74) is 1.42. The smallest absolute Gasteiger partial charge is 0.257 e. The van der Waals surface area contributed by atoms with E-state index in [-0.39, 0.29) is 22.7 Å². The van der Waals surface area contributed by atoms with Crippen LogP contribution in [0.3, 0.4) is 0 Å². The molecule has 3 N–H and O–H groups in total. The van der Waals surface area contributed by atoms with Gasteiger partial charge in [0.05, 0.1) is 16.8 Å². The van der Waals surface area contributed by atoms with Crippen molar-refractivity contribution in [3.05, 3.63) is 83.9 Å². The summed E-state index contributed by atoms with van der Waals surface area (Å²) < 4.78 is 13.7. The molecule has 2 aromatic carbocycles. The van der Waals surface area contributed by atoms with E-state index in [1.165, 1.54) is 43.6 Å². The first-order valence-corrected chi connectivity index (χ1v) is 8.62. The number of rotatable bonds is 5. The second kappa shape index (κ2) is 8.75. The van der Waals surface area contributed by atoms with Gasteiger partial charge in [-0.2, -0.15) is 0 Å². The number of aromatic nitrogens is 1. The molecule has 7 nitrogen and oxygen atoms in total. The van der Waals surface area contributed by atoms with Crippen LogP contribution in [0.25, 0.3) is 0 Å². The van der Waals surface area contributed by atoms with Crippen LogP contribution >= 0.6 is 0 Å². The zero-order valence-electron chi connectivity index (χ0n) is 15.4. The predicted octanol–water partition coefficient (Wildman–Crippen LogP) is 3.68. The van der Waals surface area contributed by atoms with Crippen LogP contribution in [-0.4, -0.2) is 22.7 Å². The number of carbonyl (C=O) groups is 3. The van der Waals surface area contributed by atoms with Crippen LogP contribution in [0.1, 0.15) is 27.6 Å². The monoisotopic (exact) mass is 392 g/mol. The number of hydrogen-bond donors (Lipinski definition) is 3.